The van der Waals surface area contributed by atoms with Crippen molar-refractivity contribution in [1.82, 2.24) is 15.0 Å². The lowest BCUT2D eigenvalue weighted by molar-refractivity contribution is -0.385. The van der Waals surface area contributed by atoms with E-state index in [1.165, 1.54) is 28.9 Å². The Hall–Kier alpha value is -2.81. The van der Waals surface area contributed by atoms with Crippen molar-refractivity contribution in [3.63, 3.8) is 0 Å². The Morgan fingerprint density at radius 2 is 1.87 bits per heavy atom. The molecule has 0 amide bonds. The van der Waals surface area contributed by atoms with E-state index in [2.05, 4.69) is 10.3 Å². The number of rotatable bonds is 4. The van der Waals surface area contributed by atoms with E-state index in [0.29, 0.717) is 11.0 Å². The summed E-state index contributed by atoms with van der Waals surface area (Å²) in [5, 5.41) is 19.0. The Morgan fingerprint density at radius 3 is 2.52 bits per heavy atom. The number of hydrogen-bond acceptors (Lipinski definition) is 6. The fraction of sp³-hybridized carbons (Fsp3) is 0.143. The number of hydrogen-bond donors (Lipinski definition) is 0. The van der Waals surface area contributed by atoms with Gasteiger partial charge in [-0.3, -0.25) is 10.1 Å². The highest BCUT2D eigenvalue weighted by molar-refractivity contribution is 7.90. The monoisotopic (exact) mass is 332 g/mol. The fourth-order valence-corrected chi connectivity index (χ4v) is 3.83. The van der Waals surface area contributed by atoms with Crippen LogP contribution in [0.3, 0.4) is 0 Å². The second kappa shape index (κ2) is 5.43. The van der Waals surface area contributed by atoms with Crippen LogP contribution in [0.4, 0.5) is 5.69 Å². The summed E-state index contributed by atoms with van der Waals surface area (Å²) in [7, 11) is -2.16. The predicted molar refractivity (Wildman–Crippen MR) is 82.5 cm³/mol. The molecule has 3 aromatic rings. The van der Waals surface area contributed by atoms with Crippen molar-refractivity contribution >= 4 is 26.6 Å². The molecule has 0 bridgehead atoms. The van der Waals surface area contributed by atoms with Crippen LogP contribution in [-0.2, 0) is 22.6 Å². The summed E-state index contributed by atoms with van der Waals surface area (Å²) in [5.74, 6) is -0.494. The normalized spacial score (nSPS) is 11.7. The van der Waals surface area contributed by atoms with Crippen LogP contribution in [-0.4, -0.2) is 28.3 Å². The maximum absolute atomic E-state index is 12.6. The molecule has 0 aliphatic carbocycles. The highest BCUT2D eigenvalue weighted by Crippen LogP contribution is 2.30. The number of nitrogens with zero attached hydrogens (tertiary/aromatic N) is 4. The van der Waals surface area contributed by atoms with E-state index in [9.17, 15) is 18.5 Å². The molecule has 0 spiro atoms. The Bertz CT molecular complexity index is 996. The quantitative estimate of drug-likeness (QED) is 0.533. The third kappa shape index (κ3) is 2.66. The number of sulfone groups is 1. The first-order valence-electron chi connectivity index (χ1n) is 6.63. The van der Waals surface area contributed by atoms with Gasteiger partial charge >= 0.3 is 0 Å². The molecular weight excluding hydrogens is 320 g/mol. The number of fused-ring (bicyclic) bond motifs is 1. The van der Waals surface area contributed by atoms with Crippen molar-refractivity contribution in [3.8, 4) is 0 Å². The van der Waals surface area contributed by atoms with Gasteiger partial charge in [0.05, 0.1) is 26.7 Å². The van der Waals surface area contributed by atoms with Crippen molar-refractivity contribution in [2.24, 2.45) is 7.05 Å². The smallest absolute Gasteiger partial charge is 0.258 e. The predicted octanol–water partition coefficient (Wildman–Crippen LogP) is 1.85. The lowest BCUT2D eigenvalue weighted by atomic mass is 10.1. The SMILES string of the molecule is Cn1nnc2ccc([N+](=O)[O-])c(CS(=O)(=O)c3ccccc3)c21. The number of nitro benzene ring substituents is 1. The van der Waals surface area contributed by atoms with Crippen molar-refractivity contribution < 1.29 is 13.3 Å². The van der Waals surface area contributed by atoms with E-state index >= 15 is 0 Å². The van der Waals surface area contributed by atoms with E-state index in [-0.39, 0.29) is 16.1 Å². The van der Waals surface area contributed by atoms with Gasteiger partial charge in [0.2, 0.25) is 0 Å². The molecule has 0 atom stereocenters. The summed E-state index contributed by atoms with van der Waals surface area (Å²) in [6, 6.07) is 10.5. The molecule has 0 saturated heterocycles. The molecule has 0 saturated carbocycles. The topological polar surface area (TPSA) is 108 Å². The third-order valence-corrected chi connectivity index (χ3v) is 5.14. The van der Waals surface area contributed by atoms with Crippen molar-refractivity contribution in [2.45, 2.75) is 10.6 Å². The van der Waals surface area contributed by atoms with E-state index in [1.54, 1.807) is 25.2 Å². The Kier molecular flexibility index (Phi) is 3.57. The van der Waals surface area contributed by atoms with E-state index in [1.807, 2.05) is 0 Å². The van der Waals surface area contributed by atoms with Crippen molar-refractivity contribution in [3.05, 3.63) is 58.1 Å². The molecule has 0 N–H and O–H groups in total. The van der Waals surface area contributed by atoms with E-state index in [4.69, 9.17) is 0 Å². The van der Waals surface area contributed by atoms with Crippen LogP contribution < -0.4 is 0 Å². The average Bonchev–Trinajstić information content (AvgIpc) is 2.90. The van der Waals surface area contributed by atoms with Crippen LogP contribution in [0.1, 0.15) is 5.56 Å². The highest BCUT2D eigenvalue weighted by Gasteiger charge is 2.26. The fourth-order valence-electron chi connectivity index (χ4n) is 2.43. The van der Waals surface area contributed by atoms with Gasteiger partial charge in [-0.05, 0) is 18.2 Å². The molecule has 1 aromatic heterocycles. The molecular formula is C14H12N4O4S. The molecule has 0 unspecified atom stereocenters. The summed E-state index contributed by atoms with van der Waals surface area (Å²) in [4.78, 5) is 10.8. The largest absolute Gasteiger partial charge is 0.275 e. The molecule has 0 aliphatic heterocycles. The summed E-state index contributed by atoms with van der Waals surface area (Å²) in [5.41, 5.74) is 0.585. The van der Waals surface area contributed by atoms with Crippen LogP contribution in [0, 0.1) is 10.1 Å². The third-order valence-electron chi connectivity index (χ3n) is 3.48. The van der Waals surface area contributed by atoms with Crippen LogP contribution in [0.5, 0.6) is 0 Å². The minimum absolute atomic E-state index is 0.0869. The first kappa shape index (κ1) is 15.1. The molecule has 3 rings (SSSR count). The lowest BCUT2D eigenvalue weighted by Gasteiger charge is -2.07. The van der Waals surface area contributed by atoms with Crippen LogP contribution >= 0.6 is 0 Å². The zero-order valence-corrected chi connectivity index (χ0v) is 12.9. The van der Waals surface area contributed by atoms with Gasteiger partial charge in [-0.1, -0.05) is 23.4 Å². The van der Waals surface area contributed by atoms with Gasteiger partial charge in [0.25, 0.3) is 5.69 Å². The van der Waals surface area contributed by atoms with Gasteiger partial charge in [-0.2, -0.15) is 0 Å². The summed E-state index contributed by atoms with van der Waals surface area (Å²) < 4.78 is 26.5. The van der Waals surface area contributed by atoms with Gasteiger partial charge in [0.1, 0.15) is 5.52 Å². The van der Waals surface area contributed by atoms with Gasteiger partial charge in [-0.15, -0.1) is 5.10 Å². The minimum atomic E-state index is -3.73. The first-order valence-corrected chi connectivity index (χ1v) is 8.29. The van der Waals surface area contributed by atoms with Gasteiger partial charge in [-0.25, -0.2) is 13.1 Å². The zero-order valence-electron chi connectivity index (χ0n) is 12.1. The molecule has 9 heteroatoms. The molecule has 0 radical (unpaired) electrons. The molecule has 23 heavy (non-hydrogen) atoms. The molecule has 118 valence electrons. The van der Waals surface area contributed by atoms with Crippen LogP contribution in [0.2, 0.25) is 0 Å². The average molecular weight is 332 g/mol. The number of aromatic nitrogens is 3. The Balaban J connectivity index is 2.21. The Labute approximate surface area is 131 Å². The van der Waals surface area contributed by atoms with Crippen LogP contribution in [0.15, 0.2) is 47.4 Å². The maximum Gasteiger partial charge on any atom is 0.275 e. The molecule has 8 nitrogen and oxygen atoms in total. The standard InChI is InChI=1S/C14H12N4O4S/c1-17-14-11(9-23(21,22)10-5-3-2-4-6-10)13(18(19)20)8-7-12(14)15-16-17/h2-8H,9H2,1H3. The number of nitro groups is 1. The summed E-state index contributed by atoms with van der Waals surface area (Å²) >= 11 is 0. The van der Waals surface area contributed by atoms with E-state index < -0.39 is 20.5 Å². The van der Waals surface area contributed by atoms with Gasteiger partial charge in [0.15, 0.2) is 9.84 Å². The Morgan fingerprint density at radius 1 is 1.17 bits per heavy atom. The second-order valence-corrected chi connectivity index (χ2v) is 6.96. The minimum Gasteiger partial charge on any atom is -0.258 e. The molecule has 0 aliphatic rings. The molecule has 2 aromatic carbocycles. The maximum atomic E-state index is 12.6. The second-order valence-electron chi connectivity index (χ2n) is 4.97. The molecule has 0 fully saturated rings. The van der Waals surface area contributed by atoms with E-state index in [0.717, 1.165) is 0 Å². The number of benzene rings is 2. The zero-order chi connectivity index (χ0) is 16.6. The van der Waals surface area contributed by atoms with Gasteiger partial charge in [0, 0.05) is 13.1 Å². The summed E-state index contributed by atoms with van der Waals surface area (Å²) in [6.45, 7) is 0. The van der Waals surface area contributed by atoms with Crippen molar-refractivity contribution in [1.29, 1.82) is 0 Å². The first-order chi connectivity index (χ1) is 10.9. The van der Waals surface area contributed by atoms with Gasteiger partial charge < -0.3 is 0 Å². The van der Waals surface area contributed by atoms with Crippen LogP contribution in [0.25, 0.3) is 11.0 Å². The lowest BCUT2D eigenvalue weighted by Crippen LogP contribution is -2.09. The van der Waals surface area contributed by atoms with Crippen molar-refractivity contribution in [2.75, 3.05) is 0 Å². The number of aryl methyl sites for hydroxylation is 1. The molecule has 1 heterocycles. The highest BCUT2D eigenvalue weighted by atomic mass is 32.2. The summed E-state index contributed by atoms with van der Waals surface area (Å²) in [6.07, 6.45) is 0.